The van der Waals surface area contributed by atoms with Gasteiger partial charge in [0.2, 0.25) is 0 Å². The van der Waals surface area contributed by atoms with Crippen molar-refractivity contribution in [2.24, 2.45) is 0 Å². The van der Waals surface area contributed by atoms with E-state index in [1.54, 1.807) is 6.20 Å². The SMILES string of the molecule is CCCCC(CCC)NS(=O)(=O)c1[nH]ncc1CNCC. The van der Waals surface area contributed by atoms with Crippen molar-refractivity contribution in [1.82, 2.24) is 20.2 Å². The Morgan fingerprint density at radius 3 is 2.62 bits per heavy atom. The smallest absolute Gasteiger partial charge is 0.258 e. The molecule has 1 aromatic rings. The molecule has 3 N–H and O–H groups in total. The van der Waals surface area contributed by atoms with E-state index in [1.807, 2.05) is 6.92 Å². The number of H-pyrrole nitrogens is 1. The minimum absolute atomic E-state index is 0.00441. The maximum Gasteiger partial charge on any atom is 0.258 e. The number of nitrogens with one attached hydrogen (secondary N) is 3. The number of aromatic nitrogens is 2. The number of sulfonamides is 1. The van der Waals surface area contributed by atoms with Crippen molar-refractivity contribution in [2.75, 3.05) is 6.54 Å². The zero-order valence-corrected chi connectivity index (χ0v) is 14.1. The summed E-state index contributed by atoms with van der Waals surface area (Å²) in [6.45, 7) is 7.44. The third kappa shape index (κ3) is 5.76. The van der Waals surface area contributed by atoms with Crippen LogP contribution in [0.25, 0.3) is 0 Å². The van der Waals surface area contributed by atoms with Crippen LogP contribution < -0.4 is 10.0 Å². The van der Waals surface area contributed by atoms with Gasteiger partial charge in [0, 0.05) is 18.2 Å². The first-order valence-corrected chi connectivity index (χ1v) is 9.28. The van der Waals surface area contributed by atoms with Crippen LogP contribution in [0.15, 0.2) is 11.2 Å². The lowest BCUT2D eigenvalue weighted by Gasteiger charge is -2.17. The van der Waals surface area contributed by atoms with E-state index in [2.05, 4.69) is 34.1 Å². The molecule has 0 amide bonds. The quantitative estimate of drug-likeness (QED) is 0.584. The van der Waals surface area contributed by atoms with E-state index in [9.17, 15) is 8.42 Å². The van der Waals surface area contributed by atoms with Crippen LogP contribution in [0.2, 0.25) is 0 Å². The second-order valence-electron chi connectivity index (χ2n) is 5.25. The lowest BCUT2D eigenvalue weighted by atomic mass is 10.1. The molecule has 0 aliphatic rings. The summed E-state index contributed by atoms with van der Waals surface area (Å²) in [7, 11) is -3.54. The van der Waals surface area contributed by atoms with Gasteiger partial charge < -0.3 is 5.32 Å². The van der Waals surface area contributed by atoms with Gasteiger partial charge in [0.1, 0.15) is 0 Å². The molecule has 1 aromatic heterocycles. The van der Waals surface area contributed by atoms with Gasteiger partial charge in [-0.1, -0.05) is 40.0 Å². The predicted octanol–water partition coefficient (Wildman–Crippen LogP) is 2.16. The lowest BCUT2D eigenvalue weighted by Crippen LogP contribution is -2.35. The van der Waals surface area contributed by atoms with E-state index in [4.69, 9.17) is 0 Å². The number of rotatable bonds is 11. The zero-order valence-electron chi connectivity index (χ0n) is 13.3. The molecule has 0 spiro atoms. The summed E-state index contributed by atoms with van der Waals surface area (Å²) in [6.07, 6.45) is 6.36. The second-order valence-corrected chi connectivity index (χ2v) is 6.90. The Hall–Kier alpha value is -0.920. The summed E-state index contributed by atoms with van der Waals surface area (Å²) in [5.74, 6) is 0. The van der Waals surface area contributed by atoms with Gasteiger partial charge in [0.25, 0.3) is 10.0 Å². The van der Waals surface area contributed by atoms with E-state index in [-0.39, 0.29) is 11.1 Å². The molecule has 6 nitrogen and oxygen atoms in total. The Morgan fingerprint density at radius 2 is 2.00 bits per heavy atom. The molecule has 122 valence electrons. The minimum atomic E-state index is -3.54. The van der Waals surface area contributed by atoms with Gasteiger partial charge in [-0.3, -0.25) is 5.10 Å². The normalized spacial score (nSPS) is 13.5. The minimum Gasteiger partial charge on any atom is -0.313 e. The van der Waals surface area contributed by atoms with Crippen LogP contribution in [0.5, 0.6) is 0 Å². The molecule has 1 rings (SSSR count). The van der Waals surface area contributed by atoms with Gasteiger partial charge >= 0.3 is 0 Å². The van der Waals surface area contributed by atoms with Gasteiger partial charge in [-0.05, 0) is 19.4 Å². The highest BCUT2D eigenvalue weighted by atomic mass is 32.2. The number of nitrogens with zero attached hydrogens (tertiary/aromatic N) is 1. The van der Waals surface area contributed by atoms with Crippen molar-refractivity contribution in [1.29, 1.82) is 0 Å². The van der Waals surface area contributed by atoms with Gasteiger partial charge in [0.05, 0.1) is 6.20 Å². The molecule has 1 heterocycles. The van der Waals surface area contributed by atoms with Crippen molar-refractivity contribution in [3.05, 3.63) is 11.8 Å². The molecule has 0 saturated heterocycles. The third-order valence-electron chi connectivity index (χ3n) is 3.38. The molecule has 0 saturated carbocycles. The molecule has 0 aliphatic carbocycles. The number of hydrogen-bond donors (Lipinski definition) is 3. The molecule has 0 aliphatic heterocycles. The highest BCUT2D eigenvalue weighted by Crippen LogP contribution is 2.15. The molecule has 7 heteroatoms. The lowest BCUT2D eigenvalue weighted by molar-refractivity contribution is 0.481. The van der Waals surface area contributed by atoms with Crippen LogP contribution in [0.4, 0.5) is 0 Å². The summed E-state index contributed by atoms with van der Waals surface area (Å²) in [5.41, 5.74) is 0.676. The number of hydrogen-bond acceptors (Lipinski definition) is 4. The summed E-state index contributed by atoms with van der Waals surface area (Å²) in [4.78, 5) is 0. The Kier molecular flexibility index (Phi) is 7.92. The fourth-order valence-corrected chi connectivity index (χ4v) is 3.69. The van der Waals surface area contributed by atoms with Gasteiger partial charge in [-0.25, -0.2) is 13.1 Å². The summed E-state index contributed by atoms with van der Waals surface area (Å²) in [6, 6.07) is -0.00441. The maximum atomic E-state index is 12.5. The first-order valence-electron chi connectivity index (χ1n) is 7.80. The molecule has 0 bridgehead atoms. The molecule has 0 radical (unpaired) electrons. The van der Waals surface area contributed by atoms with Crippen molar-refractivity contribution < 1.29 is 8.42 Å². The van der Waals surface area contributed by atoms with E-state index in [0.717, 1.165) is 38.6 Å². The molecular formula is C14H28N4O2S. The summed E-state index contributed by atoms with van der Waals surface area (Å²) < 4.78 is 27.9. The number of unbranched alkanes of at least 4 members (excludes halogenated alkanes) is 1. The largest absolute Gasteiger partial charge is 0.313 e. The highest BCUT2D eigenvalue weighted by molar-refractivity contribution is 7.89. The first kappa shape index (κ1) is 18.1. The second kappa shape index (κ2) is 9.17. The monoisotopic (exact) mass is 316 g/mol. The Labute approximate surface area is 128 Å². The molecule has 1 atom stereocenters. The van der Waals surface area contributed by atoms with Crippen LogP contribution in [0, 0.1) is 0 Å². The Morgan fingerprint density at radius 1 is 1.24 bits per heavy atom. The van der Waals surface area contributed by atoms with Crippen LogP contribution in [0.1, 0.15) is 58.4 Å². The van der Waals surface area contributed by atoms with Crippen LogP contribution >= 0.6 is 0 Å². The first-order chi connectivity index (χ1) is 10.0. The van der Waals surface area contributed by atoms with Crippen molar-refractivity contribution in [3.8, 4) is 0 Å². The molecule has 1 unspecified atom stereocenters. The topological polar surface area (TPSA) is 86.9 Å². The van der Waals surface area contributed by atoms with E-state index in [1.165, 1.54) is 0 Å². The zero-order chi connectivity index (χ0) is 15.7. The van der Waals surface area contributed by atoms with E-state index < -0.39 is 10.0 Å². The Bertz CT molecular complexity index is 499. The van der Waals surface area contributed by atoms with E-state index >= 15 is 0 Å². The molecular weight excluding hydrogens is 288 g/mol. The average Bonchev–Trinajstić information content (AvgIpc) is 2.91. The standard InChI is InChI=1S/C14H28N4O2S/c1-4-7-9-13(8-5-2)18-21(19,20)14-12(10-15-6-3)11-16-17-14/h11,13,15,18H,4-10H2,1-3H3,(H,16,17). The molecule has 0 aromatic carbocycles. The van der Waals surface area contributed by atoms with Gasteiger partial charge in [0.15, 0.2) is 5.03 Å². The van der Waals surface area contributed by atoms with E-state index in [0.29, 0.717) is 12.1 Å². The van der Waals surface area contributed by atoms with Gasteiger partial charge in [-0.15, -0.1) is 0 Å². The maximum absolute atomic E-state index is 12.5. The highest BCUT2D eigenvalue weighted by Gasteiger charge is 2.23. The van der Waals surface area contributed by atoms with Crippen LogP contribution in [0.3, 0.4) is 0 Å². The van der Waals surface area contributed by atoms with Crippen molar-refractivity contribution in [2.45, 2.75) is 70.5 Å². The third-order valence-corrected chi connectivity index (χ3v) is 4.91. The van der Waals surface area contributed by atoms with Crippen LogP contribution in [-0.4, -0.2) is 31.2 Å². The van der Waals surface area contributed by atoms with Crippen LogP contribution in [-0.2, 0) is 16.6 Å². The summed E-state index contributed by atoms with van der Waals surface area (Å²) in [5, 5.41) is 9.80. The van der Waals surface area contributed by atoms with Crippen molar-refractivity contribution >= 4 is 10.0 Å². The number of aromatic amines is 1. The molecule has 21 heavy (non-hydrogen) atoms. The fraction of sp³-hybridized carbons (Fsp3) is 0.786. The fourth-order valence-electron chi connectivity index (χ4n) is 2.26. The Balaban J connectivity index is 2.81. The average molecular weight is 316 g/mol. The predicted molar refractivity (Wildman–Crippen MR) is 84.5 cm³/mol. The molecule has 0 fully saturated rings. The van der Waals surface area contributed by atoms with Gasteiger partial charge in [-0.2, -0.15) is 5.10 Å². The van der Waals surface area contributed by atoms with Crippen molar-refractivity contribution in [3.63, 3.8) is 0 Å². The summed E-state index contributed by atoms with van der Waals surface area (Å²) >= 11 is 0.